The Hall–Kier alpha value is -3.10. The van der Waals surface area contributed by atoms with Crippen molar-refractivity contribution >= 4 is 22.9 Å². The molecule has 0 N–H and O–H groups in total. The molecule has 9 nitrogen and oxygen atoms in total. The second-order valence-electron chi connectivity index (χ2n) is 7.19. The first kappa shape index (κ1) is 17.3. The number of hydrogen-bond donors (Lipinski definition) is 0. The lowest BCUT2D eigenvalue weighted by atomic mass is 10.1. The molecule has 9 heteroatoms. The molecule has 0 saturated carbocycles. The summed E-state index contributed by atoms with van der Waals surface area (Å²) in [7, 11) is 1.57. The third-order valence-electron chi connectivity index (χ3n) is 4.83. The van der Waals surface area contributed by atoms with Crippen molar-refractivity contribution in [2.75, 3.05) is 11.4 Å². The highest BCUT2D eigenvalue weighted by Gasteiger charge is 2.29. The van der Waals surface area contributed by atoms with E-state index in [2.05, 4.69) is 11.9 Å². The van der Waals surface area contributed by atoms with Crippen LogP contribution in [0, 0.1) is 5.92 Å². The quantitative estimate of drug-likeness (QED) is 0.671. The van der Waals surface area contributed by atoms with E-state index in [1.807, 2.05) is 21.6 Å². The van der Waals surface area contributed by atoms with Crippen LogP contribution in [-0.4, -0.2) is 31.0 Å². The summed E-state index contributed by atoms with van der Waals surface area (Å²) in [6.07, 6.45) is 1.62. The summed E-state index contributed by atoms with van der Waals surface area (Å²) in [5, 5.41) is 0. The van der Waals surface area contributed by atoms with E-state index in [0.29, 0.717) is 30.2 Å². The van der Waals surface area contributed by atoms with Crippen molar-refractivity contribution in [1.82, 2.24) is 18.7 Å². The average Bonchev–Trinajstić information content (AvgIpc) is 3.24. The molecule has 0 amide bonds. The van der Waals surface area contributed by atoms with Crippen molar-refractivity contribution in [2.45, 2.75) is 33.5 Å². The number of fused-ring (bicyclic) bond motifs is 3. The number of ketones is 1. The number of furan rings is 1. The minimum Gasteiger partial charge on any atom is -0.467 e. The zero-order chi connectivity index (χ0) is 19.3. The van der Waals surface area contributed by atoms with Crippen LogP contribution < -0.4 is 16.1 Å². The van der Waals surface area contributed by atoms with E-state index in [1.54, 1.807) is 13.3 Å². The van der Waals surface area contributed by atoms with E-state index in [9.17, 15) is 14.4 Å². The van der Waals surface area contributed by atoms with Gasteiger partial charge in [-0.3, -0.25) is 18.7 Å². The topological polar surface area (TPSA) is 95.3 Å². The standard InChI is InChI=1S/C18H21N5O4/c1-11-7-21(10-13-5-4-6-27-13)17-19-15-14(22(17)8-11)16(25)23(9-12(2)24)18(26)20(15)3/h4-6,11H,7-10H2,1-3H3/t11-/m1/s1. The summed E-state index contributed by atoms with van der Waals surface area (Å²) in [5.41, 5.74) is -0.333. The summed E-state index contributed by atoms with van der Waals surface area (Å²) in [4.78, 5) is 43.7. The molecule has 0 unspecified atom stereocenters. The van der Waals surface area contributed by atoms with Crippen LogP contribution in [-0.2, 0) is 31.5 Å². The zero-order valence-corrected chi connectivity index (χ0v) is 15.5. The third-order valence-corrected chi connectivity index (χ3v) is 4.83. The van der Waals surface area contributed by atoms with Crippen LogP contribution >= 0.6 is 0 Å². The normalized spacial score (nSPS) is 16.7. The molecule has 0 aliphatic carbocycles. The van der Waals surface area contributed by atoms with Gasteiger partial charge in [0, 0.05) is 20.1 Å². The number of imidazole rings is 1. The SMILES string of the molecule is CC(=O)Cn1c(=O)c2c(nc3n2C[C@H](C)CN3Cc2ccco2)n(C)c1=O. The van der Waals surface area contributed by atoms with Crippen LogP contribution in [0.15, 0.2) is 32.4 Å². The molecular weight excluding hydrogens is 350 g/mol. The first-order chi connectivity index (χ1) is 12.9. The van der Waals surface area contributed by atoms with Gasteiger partial charge in [-0.2, -0.15) is 4.98 Å². The predicted octanol–water partition coefficient (Wildman–Crippen LogP) is 0.735. The van der Waals surface area contributed by atoms with Gasteiger partial charge in [0.2, 0.25) is 5.95 Å². The van der Waals surface area contributed by atoms with E-state index < -0.39 is 11.2 Å². The van der Waals surface area contributed by atoms with Gasteiger partial charge in [0.15, 0.2) is 11.2 Å². The highest BCUT2D eigenvalue weighted by molar-refractivity contribution is 5.77. The fraction of sp³-hybridized carbons (Fsp3) is 0.444. The Balaban J connectivity index is 1.94. The molecule has 27 heavy (non-hydrogen) atoms. The third kappa shape index (κ3) is 2.79. The summed E-state index contributed by atoms with van der Waals surface area (Å²) in [6, 6.07) is 3.72. The van der Waals surface area contributed by atoms with Gasteiger partial charge in [-0.05, 0) is 25.0 Å². The first-order valence-electron chi connectivity index (χ1n) is 8.83. The maximum absolute atomic E-state index is 13.0. The van der Waals surface area contributed by atoms with Crippen molar-refractivity contribution in [3.05, 3.63) is 45.0 Å². The van der Waals surface area contributed by atoms with Gasteiger partial charge in [-0.15, -0.1) is 0 Å². The Morgan fingerprint density at radius 1 is 1.33 bits per heavy atom. The van der Waals surface area contributed by atoms with Gasteiger partial charge >= 0.3 is 5.69 Å². The lowest BCUT2D eigenvalue weighted by molar-refractivity contribution is -0.117. The van der Waals surface area contributed by atoms with Crippen LogP contribution in [0.4, 0.5) is 5.95 Å². The van der Waals surface area contributed by atoms with Crippen molar-refractivity contribution in [3.63, 3.8) is 0 Å². The fourth-order valence-electron chi connectivity index (χ4n) is 3.69. The Kier molecular flexibility index (Phi) is 4.01. The number of hydrogen-bond acceptors (Lipinski definition) is 6. The Bertz CT molecular complexity index is 1140. The molecule has 3 aromatic heterocycles. The highest BCUT2D eigenvalue weighted by Crippen LogP contribution is 2.28. The highest BCUT2D eigenvalue weighted by atomic mass is 16.3. The van der Waals surface area contributed by atoms with Crippen LogP contribution in [0.1, 0.15) is 19.6 Å². The van der Waals surface area contributed by atoms with E-state index in [4.69, 9.17) is 4.42 Å². The lowest BCUT2D eigenvalue weighted by Crippen LogP contribution is -2.42. The van der Waals surface area contributed by atoms with Gasteiger partial charge in [0.25, 0.3) is 5.56 Å². The summed E-state index contributed by atoms with van der Waals surface area (Å²) < 4.78 is 9.62. The van der Waals surface area contributed by atoms with Gasteiger partial charge in [0.1, 0.15) is 11.5 Å². The molecule has 1 aliphatic rings. The Morgan fingerprint density at radius 3 is 2.78 bits per heavy atom. The van der Waals surface area contributed by atoms with Crippen molar-refractivity contribution in [3.8, 4) is 0 Å². The molecule has 4 rings (SSSR count). The minimum absolute atomic E-state index is 0.242. The number of carbonyl (C=O) groups is 1. The van der Waals surface area contributed by atoms with Gasteiger partial charge in [-0.1, -0.05) is 6.92 Å². The number of aryl methyl sites for hydroxylation is 1. The van der Waals surface area contributed by atoms with Crippen molar-refractivity contribution in [2.24, 2.45) is 13.0 Å². The number of nitrogens with zero attached hydrogens (tertiary/aromatic N) is 5. The number of carbonyl (C=O) groups excluding carboxylic acids is 1. The van der Waals surface area contributed by atoms with E-state index in [1.165, 1.54) is 11.5 Å². The van der Waals surface area contributed by atoms with Crippen molar-refractivity contribution in [1.29, 1.82) is 0 Å². The lowest BCUT2D eigenvalue weighted by Gasteiger charge is -2.32. The molecule has 3 aromatic rings. The van der Waals surface area contributed by atoms with E-state index in [0.717, 1.165) is 16.9 Å². The summed E-state index contributed by atoms with van der Waals surface area (Å²) in [6.45, 7) is 5.12. The maximum atomic E-state index is 13.0. The molecule has 142 valence electrons. The monoisotopic (exact) mass is 371 g/mol. The van der Waals surface area contributed by atoms with Gasteiger partial charge < -0.3 is 13.9 Å². The average molecular weight is 371 g/mol. The first-order valence-corrected chi connectivity index (χ1v) is 8.83. The van der Waals surface area contributed by atoms with Crippen LogP contribution in [0.25, 0.3) is 11.2 Å². The summed E-state index contributed by atoms with van der Waals surface area (Å²) in [5.74, 6) is 1.46. The van der Waals surface area contributed by atoms with Gasteiger partial charge in [-0.25, -0.2) is 4.79 Å². The second-order valence-corrected chi connectivity index (χ2v) is 7.19. The number of Topliss-reactive ketones (excluding diaryl/α,β-unsaturated/α-hetero) is 1. The Morgan fingerprint density at radius 2 is 2.11 bits per heavy atom. The molecule has 0 saturated heterocycles. The predicted molar refractivity (Wildman–Crippen MR) is 98.8 cm³/mol. The molecule has 4 heterocycles. The van der Waals surface area contributed by atoms with Gasteiger partial charge in [0.05, 0.1) is 19.4 Å². The second kappa shape index (κ2) is 6.26. The van der Waals surface area contributed by atoms with E-state index in [-0.39, 0.29) is 18.2 Å². The molecule has 0 radical (unpaired) electrons. The van der Waals surface area contributed by atoms with Crippen LogP contribution in [0.2, 0.25) is 0 Å². The minimum atomic E-state index is -0.538. The summed E-state index contributed by atoms with van der Waals surface area (Å²) >= 11 is 0. The zero-order valence-electron chi connectivity index (χ0n) is 15.5. The smallest absolute Gasteiger partial charge is 0.332 e. The number of anilines is 1. The Labute approximate surface area is 154 Å². The fourth-order valence-corrected chi connectivity index (χ4v) is 3.69. The van der Waals surface area contributed by atoms with E-state index >= 15 is 0 Å². The largest absolute Gasteiger partial charge is 0.467 e. The molecule has 1 aliphatic heterocycles. The number of aromatic nitrogens is 4. The van der Waals surface area contributed by atoms with Crippen LogP contribution in [0.3, 0.4) is 0 Å². The molecule has 1 atom stereocenters. The molecule has 0 fully saturated rings. The molecule has 0 aromatic carbocycles. The maximum Gasteiger partial charge on any atom is 0.332 e. The van der Waals surface area contributed by atoms with Crippen molar-refractivity contribution < 1.29 is 9.21 Å². The molecule has 0 bridgehead atoms. The molecule has 0 spiro atoms. The number of rotatable bonds is 4. The van der Waals surface area contributed by atoms with Crippen LogP contribution in [0.5, 0.6) is 0 Å². The molecular formula is C18H21N5O4.